The third kappa shape index (κ3) is 3.09. The Bertz CT molecular complexity index is 873. The van der Waals surface area contributed by atoms with Crippen molar-refractivity contribution < 1.29 is 12.8 Å². The maximum Gasteiger partial charge on any atom is 0.327 e. The van der Waals surface area contributed by atoms with Crippen LogP contribution in [0, 0.1) is 5.82 Å². The molecule has 1 aliphatic rings. The number of anilines is 2. The van der Waals surface area contributed by atoms with E-state index in [2.05, 4.69) is 0 Å². The lowest BCUT2D eigenvalue weighted by Gasteiger charge is -2.30. The van der Waals surface area contributed by atoms with Crippen molar-refractivity contribution in [1.29, 1.82) is 0 Å². The van der Waals surface area contributed by atoms with Crippen LogP contribution in [0.15, 0.2) is 48.5 Å². The summed E-state index contributed by atoms with van der Waals surface area (Å²) in [6.45, 7) is 3.66. The highest BCUT2D eigenvalue weighted by atomic mass is 35.5. The molecule has 0 unspecified atom stereocenters. The van der Waals surface area contributed by atoms with Gasteiger partial charge in [0.15, 0.2) is 0 Å². The lowest BCUT2D eigenvalue weighted by Crippen LogP contribution is -2.43. The SMILES string of the molecule is CC(C)N1c2ccccc2N([C@H](CCCl)c2cccc(F)c2)S1(=O)=O. The van der Waals surface area contributed by atoms with Gasteiger partial charge in [0.2, 0.25) is 0 Å². The van der Waals surface area contributed by atoms with E-state index >= 15 is 0 Å². The molecule has 134 valence electrons. The number of hydrogen-bond acceptors (Lipinski definition) is 2. The van der Waals surface area contributed by atoms with E-state index in [0.29, 0.717) is 23.4 Å². The Morgan fingerprint density at radius 3 is 2.24 bits per heavy atom. The van der Waals surface area contributed by atoms with Crippen molar-refractivity contribution >= 4 is 33.2 Å². The average Bonchev–Trinajstić information content (AvgIpc) is 2.79. The van der Waals surface area contributed by atoms with Crippen LogP contribution in [-0.2, 0) is 10.2 Å². The fourth-order valence-corrected chi connectivity index (χ4v) is 5.57. The predicted molar refractivity (Wildman–Crippen MR) is 99.9 cm³/mol. The molecule has 4 nitrogen and oxygen atoms in total. The molecule has 0 amide bonds. The molecule has 1 aliphatic heterocycles. The van der Waals surface area contributed by atoms with Crippen molar-refractivity contribution in [3.8, 4) is 0 Å². The lowest BCUT2D eigenvalue weighted by molar-refractivity contribution is 0.568. The van der Waals surface area contributed by atoms with Gasteiger partial charge >= 0.3 is 10.2 Å². The quantitative estimate of drug-likeness (QED) is 0.715. The van der Waals surface area contributed by atoms with Gasteiger partial charge in [0.05, 0.1) is 17.4 Å². The van der Waals surface area contributed by atoms with Gasteiger partial charge in [0, 0.05) is 11.9 Å². The first kappa shape index (κ1) is 18.0. The monoisotopic (exact) mass is 382 g/mol. The molecule has 1 heterocycles. The molecule has 0 saturated heterocycles. The summed E-state index contributed by atoms with van der Waals surface area (Å²) in [6.07, 6.45) is 0.379. The van der Waals surface area contributed by atoms with Crippen LogP contribution in [0.4, 0.5) is 15.8 Å². The van der Waals surface area contributed by atoms with E-state index in [1.54, 1.807) is 30.3 Å². The molecule has 0 bridgehead atoms. The molecule has 2 aromatic rings. The summed E-state index contributed by atoms with van der Waals surface area (Å²) < 4.78 is 43.1. The molecule has 2 aromatic carbocycles. The van der Waals surface area contributed by atoms with E-state index in [9.17, 15) is 12.8 Å². The molecule has 25 heavy (non-hydrogen) atoms. The van der Waals surface area contributed by atoms with E-state index in [1.165, 1.54) is 20.7 Å². The number of benzene rings is 2. The van der Waals surface area contributed by atoms with Crippen LogP contribution in [-0.4, -0.2) is 20.3 Å². The maximum atomic E-state index is 13.7. The highest BCUT2D eigenvalue weighted by Gasteiger charge is 2.45. The minimum atomic E-state index is -3.78. The highest BCUT2D eigenvalue weighted by molar-refractivity contribution is 7.94. The fraction of sp³-hybridized carbons (Fsp3) is 0.333. The van der Waals surface area contributed by atoms with Crippen molar-refractivity contribution in [1.82, 2.24) is 0 Å². The van der Waals surface area contributed by atoms with Gasteiger partial charge in [-0.05, 0) is 50.1 Å². The van der Waals surface area contributed by atoms with Crippen LogP contribution in [0.1, 0.15) is 31.9 Å². The molecule has 0 fully saturated rings. The van der Waals surface area contributed by atoms with Gasteiger partial charge in [-0.3, -0.25) is 0 Å². The first-order valence-corrected chi connectivity index (χ1v) is 10.1. The van der Waals surface area contributed by atoms with Crippen molar-refractivity contribution in [2.45, 2.75) is 32.4 Å². The average molecular weight is 383 g/mol. The highest BCUT2D eigenvalue weighted by Crippen LogP contribution is 2.47. The number of halogens is 2. The Morgan fingerprint density at radius 1 is 1.04 bits per heavy atom. The first-order valence-electron chi connectivity index (χ1n) is 8.12. The van der Waals surface area contributed by atoms with E-state index in [1.807, 2.05) is 19.9 Å². The topological polar surface area (TPSA) is 40.6 Å². The zero-order chi connectivity index (χ0) is 18.2. The zero-order valence-corrected chi connectivity index (χ0v) is 15.6. The van der Waals surface area contributed by atoms with E-state index in [-0.39, 0.29) is 11.9 Å². The number of para-hydroxylation sites is 2. The van der Waals surface area contributed by atoms with E-state index in [4.69, 9.17) is 11.6 Å². The van der Waals surface area contributed by atoms with Crippen molar-refractivity contribution in [2.75, 3.05) is 14.5 Å². The normalized spacial score (nSPS) is 17.0. The second kappa shape index (κ2) is 6.84. The maximum absolute atomic E-state index is 13.7. The van der Waals surface area contributed by atoms with Gasteiger partial charge in [0.1, 0.15) is 5.82 Å². The van der Waals surface area contributed by atoms with Crippen LogP contribution in [0.5, 0.6) is 0 Å². The molecule has 0 N–H and O–H groups in total. The number of fused-ring (bicyclic) bond motifs is 1. The minimum absolute atomic E-state index is 0.236. The summed E-state index contributed by atoms with van der Waals surface area (Å²) in [5, 5.41) is 0. The Hall–Kier alpha value is -1.79. The van der Waals surface area contributed by atoms with Crippen molar-refractivity contribution in [3.05, 3.63) is 59.9 Å². The summed E-state index contributed by atoms with van der Waals surface area (Å²) in [6, 6.07) is 12.4. The van der Waals surface area contributed by atoms with Gasteiger partial charge in [0.25, 0.3) is 0 Å². The summed E-state index contributed by atoms with van der Waals surface area (Å²) in [5.41, 5.74) is 1.81. The van der Waals surface area contributed by atoms with E-state index < -0.39 is 22.1 Å². The molecule has 3 rings (SSSR count). The lowest BCUT2D eigenvalue weighted by atomic mass is 10.0. The second-order valence-electron chi connectivity index (χ2n) is 6.23. The van der Waals surface area contributed by atoms with E-state index in [0.717, 1.165) is 0 Å². The summed E-state index contributed by atoms with van der Waals surface area (Å²) >= 11 is 5.95. The summed E-state index contributed by atoms with van der Waals surface area (Å²) in [4.78, 5) is 0. The summed E-state index contributed by atoms with van der Waals surface area (Å²) in [5.74, 6) is -0.139. The van der Waals surface area contributed by atoms with Gasteiger partial charge in [-0.25, -0.2) is 13.0 Å². The summed E-state index contributed by atoms with van der Waals surface area (Å²) in [7, 11) is -3.78. The first-order chi connectivity index (χ1) is 11.9. The van der Waals surface area contributed by atoms with Crippen LogP contribution < -0.4 is 8.61 Å². The molecule has 0 aromatic heterocycles. The number of rotatable bonds is 5. The third-order valence-electron chi connectivity index (χ3n) is 4.22. The van der Waals surface area contributed by atoms with Crippen LogP contribution in [0.25, 0.3) is 0 Å². The third-order valence-corrected chi connectivity index (χ3v) is 6.50. The minimum Gasteiger partial charge on any atom is -0.249 e. The van der Waals surface area contributed by atoms with Crippen molar-refractivity contribution in [3.63, 3.8) is 0 Å². The second-order valence-corrected chi connectivity index (χ2v) is 8.29. The van der Waals surface area contributed by atoms with Crippen LogP contribution >= 0.6 is 11.6 Å². The van der Waals surface area contributed by atoms with Crippen LogP contribution in [0.2, 0.25) is 0 Å². The Morgan fingerprint density at radius 2 is 1.68 bits per heavy atom. The Kier molecular flexibility index (Phi) is 4.93. The number of nitrogens with zero attached hydrogens (tertiary/aromatic N) is 2. The van der Waals surface area contributed by atoms with Gasteiger partial charge in [-0.2, -0.15) is 8.42 Å². The smallest absolute Gasteiger partial charge is 0.249 e. The molecule has 1 atom stereocenters. The number of hydrogen-bond donors (Lipinski definition) is 0. The molecule has 0 aliphatic carbocycles. The fourth-order valence-electron chi connectivity index (χ4n) is 3.29. The molecule has 7 heteroatoms. The largest absolute Gasteiger partial charge is 0.327 e. The van der Waals surface area contributed by atoms with Crippen molar-refractivity contribution in [2.24, 2.45) is 0 Å². The zero-order valence-electron chi connectivity index (χ0n) is 14.1. The standard InChI is InChI=1S/C18H20ClFN2O2S/c1-13(2)21-17-8-3-4-9-18(17)22(25(21,23)24)16(10-11-19)14-6-5-7-15(20)12-14/h3-9,12-13,16H,10-11H2,1-2H3/t16-/m1/s1. The molecular weight excluding hydrogens is 363 g/mol. The molecular formula is C18H20ClFN2O2S. The Balaban J connectivity index is 2.19. The van der Waals surface area contributed by atoms with Gasteiger partial charge < -0.3 is 0 Å². The number of alkyl halides is 1. The molecule has 0 radical (unpaired) electrons. The predicted octanol–water partition coefficient (Wildman–Crippen LogP) is 4.48. The van der Waals surface area contributed by atoms with Gasteiger partial charge in [-0.15, -0.1) is 11.6 Å². The Labute approximate surface area is 153 Å². The van der Waals surface area contributed by atoms with Gasteiger partial charge in [-0.1, -0.05) is 24.3 Å². The molecule has 0 spiro atoms. The molecule has 0 saturated carbocycles. The van der Waals surface area contributed by atoms with Crippen LogP contribution in [0.3, 0.4) is 0 Å².